The molecule has 1 aromatic carbocycles. The van der Waals surface area contributed by atoms with Crippen LogP contribution in [-0.2, 0) is 6.18 Å². The molecular formula is C20H24F4IN5O. The van der Waals surface area contributed by atoms with E-state index in [1.165, 1.54) is 18.2 Å². The molecule has 6 nitrogen and oxygen atoms in total. The van der Waals surface area contributed by atoms with Crippen molar-refractivity contribution in [1.82, 2.24) is 15.6 Å². The van der Waals surface area contributed by atoms with Gasteiger partial charge < -0.3 is 20.3 Å². The fraction of sp³-hybridized carbons (Fsp3) is 0.400. The summed E-state index contributed by atoms with van der Waals surface area (Å²) in [4.78, 5) is 10.1. The van der Waals surface area contributed by atoms with E-state index in [0.29, 0.717) is 31.4 Å². The highest BCUT2D eigenvalue weighted by Crippen LogP contribution is 2.31. The number of aliphatic imine (C=N–C) groups is 1. The van der Waals surface area contributed by atoms with E-state index < -0.39 is 11.7 Å². The topological polar surface area (TPSA) is 61.8 Å². The van der Waals surface area contributed by atoms with Crippen LogP contribution in [0.5, 0.6) is 5.75 Å². The number of aromatic nitrogens is 1. The number of hydrogen-bond donors (Lipinski definition) is 2. The van der Waals surface area contributed by atoms with Gasteiger partial charge in [-0.2, -0.15) is 13.2 Å². The smallest absolute Gasteiger partial charge is 0.416 e. The first-order valence-electron chi connectivity index (χ1n) is 9.49. The van der Waals surface area contributed by atoms with Gasteiger partial charge in [-0.3, -0.25) is 4.99 Å². The highest BCUT2D eigenvalue weighted by molar-refractivity contribution is 14.0. The predicted molar refractivity (Wildman–Crippen MR) is 122 cm³/mol. The van der Waals surface area contributed by atoms with Crippen molar-refractivity contribution in [2.24, 2.45) is 4.99 Å². The summed E-state index contributed by atoms with van der Waals surface area (Å²) in [6.07, 6.45) is -2.06. The molecular weight excluding hydrogens is 529 g/mol. The van der Waals surface area contributed by atoms with Crippen LogP contribution in [0.25, 0.3) is 0 Å². The standard InChI is InChI=1S/C20H23F4N5O.HI/c1-25-19(27-9-11-30-16-5-2-4-14(12-16)20(22,23)24)28-15-7-10-29(13-15)18-17(21)6-3-8-26-18;/h2-6,8,12,15H,7,9-11,13H2,1H3,(H2,25,27,28);1H. The molecule has 0 aliphatic carbocycles. The summed E-state index contributed by atoms with van der Waals surface area (Å²) in [6, 6.07) is 7.75. The fourth-order valence-corrected chi connectivity index (χ4v) is 3.17. The van der Waals surface area contributed by atoms with Crippen molar-refractivity contribution < 1.29 is 22.3 Å². The van der Waals surface area contributed by atoms with Crippen molar-refractivity contribution in [2.45, 2.75) is 18.6 Å². The highest BCUT2D eigenvalue weighted by atomic mass is 127. The molecule has 0 spiro atoms. The van der Waals surface area contributed by atoms with Gasteiger partial charge in [0.1, 0.15) is 12.4 Å². The minimum absolute atomic E-state index is 0. The monoisotopic (exact) mass is 553 g/mol. The Balaban J connectivity index is 0.00000341. The van der Waals surface area contributed by atoms with Gasteiger partial charge in [-0.05, 0) is 36.8 Å². The van der Waals surface area contributed by atoms with E-state index in [1.807, 2.05) is 4.90 Å². The van der Waals surface area contributed by atoms with Crippen molar-refractivity contribution in [3.05, 3.63) is 54.0 Å². The van der Waals surface area contributed by atoms with Crippen LogP contribution in [0.4, 0.5) is 23.4 Å². The van der Waals surface area contributed by atoms with Gasteiger partial charge in [-0.15, -0.1) is 24.0 Å². The number of anilines is 1. The van der Waals surface area contributed by atoms with Crippen LogP contribution < -0.4 is 20.3 Å². The zero-order valence-electron chi connectivity index (χ0n) is 16.8. The summed E-state index contributed by atoms with van der Waals surface area (Å²) in [5.41, 5.74) is -0.749. The summed E-state index contributed by atoms with van der Waals surface area (Å²) in [5, 5.41) is 6.32. The number of alkyl halides is 3. The van der Waals surface area contributed by atoms with E-state index in [4.69, 9.17) is 4.74 Å². The molecule has 11 heteroatoms. The van der Waals surface area contributed by atoms with Crippen molar-refractivity contribution in [3.8, 4) is 5.75 Å². The summed E-state index contributed by atoms with van der Waals surface area (Å²) < 4.78 is 57.5. The average Bonchev–Trinajstić information content (AvgIpc) is 3.18. The summed E-state index contributed by atoms with van der Waals surface area (Å²) in [5.74, 6) is 0.668. The maximum Gasteiger partial charge on any atom is 0.416 e. The van der Waals surface area contributed by atoms with E-state index in [2.05, 4.69) is 20.6 Å². The molecule has 2 heterocycles. The first-order valence-corrected chi connectivity index (χ1v) is 9.49. The molecule has 2 aromatic rings. The second kappa shape index (κ2) is 11.3. The van der Waals surface area contributed by atoms with Gasteiger partial charge in [-0.1, -0.05) is 6.07 Å². The molecule has 170 valence electrons. The zero-order chi connectivity index (χ0) is 21.6. The molecule has 3 rings (SSSR count). The van der Waals surface area contributed by atoms with E-state index in [-0.39, 0.29) is 48.2 Å². The van der Waals surface area contributed by atoms with Crippen molar-refractivity contribution in [2.75, 3.05) is 38.2 Å². The van der Waals surface area contributed by atoms with Crippen LogP contribution in [0.15, 0.2) is 47.6 Å². The van der Waals surface area contributed by atoms with Crippen LogP contribution in [-0.4, -0.2) is 50.3 Å². The Morgan fingerprint density at radius 1 is 1.29 bits per heavy atom. The van der Waals surface area contributed by atoms with Crippen LogP contribution >= 0.6 is 24.0 Å². The molecule has 0 radical (unpaired) electrons. The van der Waals surface area contributed by atoms with Gasteiger partial charge in [0, 0.05) is 32.4 Å². The van der Waals surface area contributed by atoms with Crippen LogP contribution in [0.3, 0.4) is 0 Å². The Morgan fingerprint density at radius 2 is 2.10 bits per heavy atom. The molecule has 2 N–H and O–H groups in total. The second-order valence-electron chi connectivity index (χ2n) is 6.76. The molecule has 1 atom stereocenters. The predicted octanol–water partition coefficient (Wildman–Crippen LogP) is 3.68. The number of ether oxygens (including phenoxy) is 1. The molecule has 1 aromatic heterocycles. The lowest BCUT2D eigenvalue weighted by atomic mass is 10.2. The minimum Gasteiger partial charge on any atom is -0.492 e. The van der Waals surface area contributed by atoms with E-state index >= 15 is 0 Å². The largest absolute Gasteiger partial charge is 0.492 e. The lowest BCUT2D eigenvalue weighted by Crippen LogP contribution is -2.45. The third-order valence-corrected chi connectivity index (χ3v) is 4.62. The third-order valence-electron chi connectivity index (χ3n) is 4.62. The lowest BCUT2D eigenvalue weighted by molar-refractivity contribution is -0.137. The van der Waals surface area contributed by atoms with Crippen molar-refractivity contribution in [3.63, 3.8) is 0 Å². The quantitative estimate of drug-likeness (QED) is 0.188. The molecule has 1 aliphatic heterocycles. The first-order chi connectivity index (χ1) is 14.4. The highest BCUT2D eigenvalue weighted by Gasteiger charge is 2.30. The number of pyridine rings is 1. The lowest BCUT2D eigenvalue weighted by Gasteiger charge is -2.20. The number of guanidine groups is 1. The van der Waals surface area contributed by atoms with Gasteiger partial charge in [0.25, 0.3) is 0 Å². The maximum absolute atomic E-state index is 13.9. The molecule has 31 heavy (non-hydrogen) atoms. The third kappa shape index (κ3) is 7.11. The summed E-state index contributed by atoms with van der Waals surface area (Å²) in [7, 11) is 1.62. The van der Waals surface area contributed by atoms with E-state index in [0.717, 1.165) is 18.6 Å². The molecule has 1 aliphatic rings. The Bertz CT molecular complexity index is 881. The van der Waals surface area contributed by atoms with Gasteiger partial charge in [-0.25, -0.2) is 9.37 Å². The Kier molecular flexibility index (Phi) is 9.14. The number of benzene rings is 1. The number of rotatable bonds is 6. The van der Waals surface area contributed by atoms with E-state index in [9.17, 15) is 17.6 Å². The Hall–Kier alpha value is -2.31. The fourth-order valence-electron chi connectivity index (χ4n) is 3.17. The van der Waals surface area contributed by atoms with E-state index in [1.54, 1.807) is 19.3 Å². The number of hydrogen-bond acceptors (Lipinski definition) is 4. The van der Waals surface area contributed by atoms with Gasteiger partial charge in [0.2, 0.25) is 0 Å². The molecule has 1 fully saturated rings. The minimum atomic E-state index is -4.41. The van der Waals surface area contributed by atoms with Crippen LogP contribution in [0, 0.1) is 5.82 Å². The summed E-state index contributed by atoms with van der Waals surface area (Å²) >= 11 is 0. The zero-order valence-corrected chi connectivity index (χ0v) is 19.2. The van der Waals surface area contributed by atoms with Gasteiger partial charge >= 0.3 is 6.18 Å². The van der Waals surface area contributed by atoms with Crippen LogP contribution in [0.1, 0.15) is 12.0 Å². The van der Waals surface area contributed by atoms with Gasteiger partial charge in [0.05, 0.1) is 12.1 Å². The molecule has 1 unspecified atom stereocenters. The first kappa shape index (κ1) is 25.0. The SMILES string of the molecule is CN=C(NCCOc1cccc(C(F)(F)F)c1)NC1CCN(c2ncccc2F)C1.I. The number of nitrogens with one attached hydrogen (secondary N) is 2. The number of nitrogens with zero attached hydrogens (tertiary/aromatic N) is 3. The second-order valence-corrected chi connectivity index (χ2v) is 6.76. The Labute approximate surface area is 195 Å². The van der Waals surface area contributed by atoms with Crippen molar-refractivity contribution >= 4 is 35.8 Å². The Morgan fingerprint density at radius 3 is 2.81 bits per heavy atom. The number of halogens is 5. The normalized spacial score (nSPS) is 16.6. The summed E-state index contributed by atoms with van der Waals surface area (Å²) in [6.45, 7) is 1.76. The van der Waals surface area contributed by atoms with Crippen LogP contribution in [0.2, 0.25) is 0 Å². The average molecular weight is 553 g/mol. The van der Waals surface area contributed by atoms with Crippen molar-refractivity contribution in [1.29, 1.82) is 0 Å². The molecule has 1 saturated heterocycles. The molecule has 0 saturated carbocycles. The maximum atomic E-state index is 13.9. The molecule has 0 bridgehead atoms. The molecule has 0 amide bonds. The van der Waals surface area contributed by atoms with Gasteiger partial charge in [0.15, 0.2) is 17.6 Å².